The highest BCUT2D eigenvalue weighted by Crippen LogP contribution is 2.42. The van der Waals surface area contributed by atoms with Gasteiger partial charge in [0.15, 0.2) is 5.78 Å². The van der Waals surface area contributed by atoms with Gasteiger partial charge < -0.3 is 9.73 Å². The fourth-order valence-electron chi connectivity index (χ4n) is 3.62. The molecule has 29 heavy (non-hydrogen) atoms. The third kappa shape index (κ3) is 3.36. The average Bonchev–Trinajstić information content (AvgIpc) is 3.28. The van der Waals surface area contributed by atoms with E-state index in [1.807, 2.05) is 24.3 Å². The van der Waals surface area contributed by atoms with Crippen molar-refractivity contribution in [3.05, 3.63) is 123 Å². The normalized spacial score (nSPS) is 16.5. The van der Waals surface area contributed by atoms with Gasteiger partial charge in [0.25, 0.3) is 5.70 Å². The third-order valence-corrected chi connectivity index (χ3v) is 4.90. The highest BCUT2D eigenvalue weighted by molar-refractivity contribution is 6.11. The van der Waals surface area contributed by atoms with Crippen molar-refractivity contribution in [3.8, 4) is 0 Å². The van der Waals surface area contributed by atoms with E-state index in [2.05, 4.69) is 5.32 Å². The number of benzene rings is 2. The molecule has 0 bridgehead atoms. The van der Waals surface area contributed by atoms with Crippen LogP contribution in [0.4, 0.5) is 0 Å². The van der Waals surface area contributed by atoms with Crippen LogP contribution < -0.4 is 5.32 Å². The maximum absolute atomic E-state index is 13.3. The number of furan rings is 1. The van der Waals surface area contributed by atoms with Crippen molar-refractivity contribution in [2.24, 2.45) is 0 Å². The van der Waals surface area contributed by atoms with Crippen molar-refractivity contribution in [2.45, 2.75) is 12.8 Å². The minimum absolute atomic E-state index is 0.115. The molecule has 2 aromatic carbocycles. The molecule has 6 heteroatoms. The van der Waals surface area contributed by atoms with Gasteiger partial charge in [-0.25, -0.2) is 0 Å². The van der Waals surface area contributed by atoms with Crippen LogP contribution >= 0.6 is 0 Å². The number of carbonyl (C=O) groups is 1. The molecule has 0 radical (unpaired) electrons. The second-order valence-electron chi connectivity index (χ2n) is 6.69. The second-order valence-corrected chi connectivity index (χ2v) is 6.69. The number of rotatable bonds is 5. The first-order valence-corrected chi connectivity index (χ1v) is 9.13. The Hall–Kier alpha value is -3.93. The molecule has 0 saturated heterocycles. The Morgan fingerprint density at radius 2 is 1.66 bits per heavy atom. The van der Waals surface area contributed by atoms with Crippen LogP contribution in [0, 0.1) is 10.1 Å². The van der Waals surface area contributed by atoms with E-state index in [-0.39, 0.29) is 11.5 Å². The lowest BCUT2D eigenvalue weighted by Gasteiger charge is -2.27. The molecule has 0 fully saturated rings. The van der Waals surface area contributed by atoms with Gasteiger partial charge in [0.2, 0.25) is 0 Å². The first-order chi connectivity index (χ1) is 14.1. The van der Waals surface area contributed by atoms with E-state index < -0.39 is 10.8 Å². The molecule has 4 rings (SSSR count). The summed E-state index contributed by atoms with van der Waals surface area (Å²) in [5, 5.41) is 15.3. The number of allylic oxidation sites excluding steroid dienone is 2. The number of ketones is 1. The van der Waals surface area contributed by atoms with Gasteiger partial charge >= 0.3 is 0 Å². The number of nitrogens with zero attached hydrogens (tertiary/aromatic N) is 1. The van der Waals surface area contributed by atoms with Crippen LogP contribution in [0.5, 0.6) is 0 Å². The van der Waals surface area contributed by atoms with E-state index in [0.717, 1.165) is 0 Å². The summed E-state index contributed by atoms with van der Waals surface area (Å²) in [7, 11) is 0. The topological polar surface area (TPSA) is 85.4 Å². The van der Waals surface area contributed by atoms with Crippen LogP contribution in [-0.4, -0.2) is 10.7 Å². The Labute approximate surface area is 167 Å². The number of Topliss-reactive ketones (excluding diaryl/α,β-unsaturated/α-hetero) is 1. The molecule has 1 unspecified atom stereocenters. The number of dihydropyridines is 1. The highest BCUT2D eigenvalue weighted by atomic mass is 16.6. The summed E-state index contributed by atoms with van der Waals surface area (Å²) in [6.45, 7) is 1.76. The predicted octanol–water partition coefficient (Wildman–Crippen LogP) is 4.77. The Balaban J connectivity index is 1.94. The van der Waals surface area contributed by atoms with Crippen molar-refractivity contribution in [2.75, 3.05) is 0 Å². The van der Waals surface area contributed by atoms with Crippen LogP contribution in [0.25, 0.3) is 5.70 Å². The Kier molecular flexibility index (Phi) is 4.83. The molecule has 3 aromatic rings. The second kappa shape index (κ2) is 7.59. The van der Waals surface area contributed by atoms with Crippen molar-refractivity contribution in [3.63, 3.8) is 0 Å². The maximum Gasteiger partial charge on any atom is 0.285 e. The number of hydrogen-bond acceptors (Lipinski definition) is 5. The van der Waals surface area contributed by atoms with E-state index in [4.69, 9.17) is 4.42 Å². The van der Waals surface area contributed by atoms with Crippen molar-refractivity contribution in [1.29, 1.82) is 0 Å². The minimum Gasteiger partial charge on any atom is -0.468 e. The lowest BCUT2D eigenvalue weighted by molar-refractivity contribution is -0.428. The summed E-state index contributed by atoms with van der Waals surface area (Å²) < 4.78 is 5.55. The summed E-state index contributed by atoms with van der Waals surface area (Å²) in [5.41, 5.74) is 2.24. The summed E-state index contributed by atoms with van der Waals surface area (Å²) in [6, 6.07) is 21.1. The highest BCUT2D eigenvalue weighted by Gasteiger charge is 2.43. The molecule has 2 heterocycles. The molecule has 1 aliphatic rings. The van der Waals surface area contributed by atoms with Crippen LogP contribution in [-0.2, 0) is 0 Å². The third-order valence-electron chi connectivity index (χ3n) is 4.90. The Morgan fingerprint density at radius 3 is 2.24 bits per heavy atom. The zero-order chi connectivity index (χ0) is 20.4. The van der Waals surface area contributed by atoms with E-state index in [0.29, 0.717) is 33.9 Å². The Bertz CT molecular complexity index is 1110. The largest absolute Gasteiger partial charge is 0.468 e. The van der Waals surface area contributed by atoms with Crippen LogP contribution in [0.15, 0.2) is 100 Å². The number of carbonyl (C=O) groups excluding carboxylic acids is 1. The van der Waals surface area contributed by atoms with Gasteiger partial charge in [-0.15, -0.1) is 0 Å². The quantitative estimate of drug-likeness (QED) is 0.388. The molecule has 0 amide bonds. The van der Waals surface area contributed by atoms with Gasteiger partial charge in [-0.1, -0.05) is 60.7 Å². The standard InChI is InChI=1S/C23H18N2O4/c1-15-19(23(26)17-11-6-3-7-12-17)20(18-13-8-14-29-18)22(25(27)28)21(24-15)16-9-4-2-5-10-16/h2-14,20,24H,1H3. The zero-order valence-corrected chi connectivity index (χ0v) is 15.7. The lowest BCUT2D eigenvalue weighted by atomic mass is 9.82. The molecule has 144 valence electrons. The van der Waals surface area contributed by atoms with Crippen LogP contribution in [0.2, 0.25) is 0 Å². The van der Waals surface area contributed by atoms with Crippen molar-refractivity contribution < 1.29 is 14.1 Å². The number of hydrogen-bond donors (Lipinski definition) is 1. The summed E-state index contributed by atoms with van der Waals surface area (Å²) in [5.74, 6) is -0.849. The van der Waals surface area contributed by atoms with Gasteiger partial charge in [0.1, 0.15) is 17.4 Å². The van der Waals surface area contributed by atoms with E-state index in [1.165, 1.54) is 6.26 Å². The van der Waals surface area contributed by atoms with E-state index in [9.17, 15) is 14.9 Å². The monoisotopic (exact) mass is 386 g/mol. The van der Waals surface area contributed by atoms with Crippen LogP contribution in [0.3, 0.4) is 0 Å². The van der Waals surface area contributed by atoms with Crippen molar-refractivity contribution in [1.82, 2.24) is 5.32 Å². The Morgan fingerprint density at radius 1 is 1.00 bits per heavy atom. The average molecular weight is 386 g/mol. The van der Waals surface area contributed by atoms with E-state index in [1.54, 1.807) is 55.5 Å². The fourth-order valence-corrected chi connectivity index (χ4v) is 3.62. The summed E-state index contributed by atoms with van der Waals surface area (Å²) in [6.07, 6.45) is 1.46. The lowest BCUT2D eigenvalue weighted by Crippen LogP contribution is -2.31. The molecule has 0 saturated carbocycles. The molecule has 0 spiro atoms. The van der Waals surface area contributed by atoms with E-state index >= 15 is 0 Å². The first-order valence-electron chi connectivity index (χ1n) is 9.13. The smallest absolute Gasteiger partial charge is 0.285 e. The van der Waals surface area contributed by atoms with Gasteiger partial charge in [0, 0.05) is 22.4 Å². The number of nitrogens with one attached hydrogen (secondary N) is 1. The molecule has 1 atom stereocenters. The molecular weight excluding hydrogens is 368 g/mol. The van der Waals surface area contributed by atoms with Gasteiger partial charge in [-0.05, 0) is 19.1 Å². The molecule has 1 N–H and O–H groups in total. The number of nitro groups is 1. The van der Waals surface area contributed by atoms with Gasteiger partial charge in [0.05, 0.1) is 11.2 Å². The van der Waals surface area contributed by atoms with Crippen LogP contribution in [0.1, 0.15) is 34.5 Å². The zero-order valence-electron chi connectivity index (χ0n) is 15.7. The molecule has 1 aliphatic heterocycles. The first kappa shape index (κ1) is 18.4. The molecular formula is C23H18N2O4. The predicted molar refractivity (Wildman–Crippen MR) is 108 cm³/mol. The summed E-state index contributed by atoms with van der Waals surface area (Å²) >= 11 is 0. The molecule has 0 aliphatic carbocycles. The van der Waals surface area contributed by atoms with Gasteiger partial charge in [-0.2, -0.15) is 0 Å². The summed E-state index contributed by atoms with van der Waals surface area (Å²) in [4.78, 5) is 25.1. The maximum atomic E-state index is 13.3. The molecule has 1 aromatic heterocycles. The fraction of sp³-hybridized carbons (Fsp3) is 0.0870. The SMILES string of the molecule is CC1=C(C(=O)c2ccccc2)C(c2ccco2)C([N+](=O)[O-])=C(c2ccccc2)N1. The van der Waals surface area contributed by atoms with Gasteiger partial charge in [-0.3, -0.25) is 14.9 Å². The molecule has 6 nitrogen and oxygen atoms in total. The minimum atomic E-state index is -0.927. The van der Waals surface area contributed by atoms with Crippen molar-refractivity contribution >= 4 is 11.5 Å².